The van der Waals surface area contributed by atoms with Crippen molar-refractivity contribution >= 4 is 40.9 Å². The molecule has 0 aliphatic carbocycles. The van der Waals surface area contributed by atoms with Crippen LogP contribution < -0.4 is 0 Å². The van der Waals surface area contributed by atoms with Crippen LogP contribution in [0.25, 0.3) is 22.6 Å². The number of halogens is 1. The summed E-state index contributed by atoms with van der Waals surface area (Å²) in [5, 5.41) is 10.8. The summed E-state index contributed by atoms with van der Waals surface area (Å²) in [6, 6.07) is 21.6. The maximum Gasteiger partial charge on any atom is 0.336 e. The molecular weight excluding hydrogens is 422 g/mol. The van der Waals surface area contributed by atoms with Gasteiger partial charge in [0.1, 0.15) is 0 Å². The van der Waals surface area contributed by atoms with Crippen molar-refractivity contribution in [2.45, 2.75) is 13.1 Å². The highest BCUT2D eigenvalue weighted by atomic mass is 35.5. The summed E-state index contributed by atoms with van der Waals surface area (Å²) >= 11 is 0. The number of pyridine rings is 2. The quantitative estimate of drug-likeness (QED) is 0.463. The first-order chi connectivity index (χ1) is 15.2. The molecule has 0 saturated carbocycles. The molecule has 160 valence electrons. The first kappa shape index (κ1) is 21.7. The van der Waals surface area contributed by atoms with Crippen molar-refractivity contribution in [2.24, 2.45) is 0 Å². The van der Waals surface area contributed by atoms with E-state index in [1.54, 1.807) is 6.20 Å². The second kappa shape index (κ2) is 9.30. The molecule has 32 heavy (non-hydrogen) atoms. The Hall–Kier alpha value is -3.54. The minimum atomic E-state index is -0.919. The Morgan fingerprint density at radius 3 is 2.53 bits per heavy atom. The first-order valence-electron chi connectivity index (χ1n) is 10.2. The van der Waals surface area contributed by atoms with Crippen LogP contribution >= 0.6 is 12.4 Å². The van der Waals surface area contributed by atoms with Crippen LogP contribution in [-0.4, -0.2) is 32.5 Å². The van der Waals surface area contributed by atoms with E-state index in [0.29, 0.717) is 29.6 Å². The highest BCUT2D eigenvalue weighted by molar-refractivity contribution is 6.06. The van der Waals surface area contributed by atoms with Gasteiger partial charge in [0.05, 0.1) is 16.8 Å². The number of nitrogens with zero attached hydrogens (tertiary/aromatic N) is 3. The van der Waals surface area contributed by atoms with Gasteiger partial charge in [0.15, 0.2) is 0 Å². The lowest BCUT2D eigenvalue weighted by Gasteiger charge is -2.31. The third-order valence-electron chi connectivity index (χ3n) is 5.56. The van der Waals surface area contributed by atoms with Crippen molar-refractivity contribution in [1.29, 1.82) is 0 Å². The smallest absolute Gasteiger partial charge is 0.336 e. The Morgan fingerprint density at radius 2 is 1.78 bits per heavy atom. The van der Waals surface area contributed by atoms with Gasteiger partial charge < -0.3 is 5.11 Å². The highest BCUT2D eigenvalue weighted by Gasteiger charge is 2.28. The molecule has 3 heterocycles. The third kappa shape index (κ3) is 4.26. The minimum Gasteiger partial charge on any atom is -0.478 e. The van der Waals surface area contributed by atoms with E-state index < -0.39 is 5.97 Å². The number of para-hydroxylation sites is 1. The molecular formula is C26H22ClN3O2. The predicted molar refractivity (Wildman–Crippen MR) is 129 cm³/mol. The van der Waals surface area contributed by atoms with Crippen LogP contribution in [0.4, 0.5) is 0 Å². The van der Waals surface area contributed by atoms with Crippen molar-refractivity contribution in [3.63, 3.8) is 0 Å². The van der Waals surface area contributed by atoms with Crippen LogP contribution in [0.15, 0.2) is 79.1 Å². The first-order valence-corrected chi connectivity index (χ1v) is 10.2. The number of rotatable bonds is 4. The molecule has 0 spiro atoms. The van der Waals surface area contributed by atoms with Crippen molar-refractivity contribution in [2.75, 3.05) is 6.54 Å². The van der Waals surface area contributed by atoms with Crippen LogP contribution in [0.1, 0.15) is 32.7 Å². The van der Waals surface area contributed by atoms with Gasteiger partial charge in [0.25, 0.3) is 0 Å². The predicted octanol–water partition coefficient (Wildman–Crippen LogP) is 5.31. The molecule has 1 aliphatic rings. The number of benzene rings is 2. The van der Waals surface area contributed by atoms with Crippen LogP contribution in [0, 0.1) is 0 Å². The maximum absolute atomic E-state index is 12.3. The fraction of sp³-hybridized carbons (Fsp3) is 0.115. The monoisotopic (exact) mass is 443 g/mol. The highest BCUT2D eigenvalue weighted by Crippen LogP contribution is 2.34. The molecule has 0 unspecified atom stereocenters. The van der Waals surface area contributed by atoms with Crippen molar-refractivity contribution in [1.82, 2.24) is 14.9 Å². The van der Waals surface area contributed by atoms with E-state index in [1.165, 1.54) is 5.56 Å². The van der Waals surface area contributed by atoms with E-state index >= 15 is 0 Å². The van der Waals surface area contributed by atoms with E-state index in [1.807, 2.05) is 60.8 Å². The molecule has 6 heteroatoms. The molecule has 4 aromatic rings. The lowest BCUT2D eigenvalue weighted by molar-refractivity contribution is 0.0696. The zero-order chi connectivity index (χ0) is 21.2. The molecule has 0 saturated heterocycles. The molecule has 5 rings (SSSR count). The van der Waals surface area contributed by atoms with Crippen molar-refractivity contribution < 1.29 is 9.90 Å². The van der Waals surface area contributed by atoms with E-state index in [-0.39, 0.29) is 12.4 Å². The molecule has 5 nitrogen and oxygen atoms in total. The zero-order valence-corrected chi connectivity index (χ0v) is 18.1. The summed E-state index contributed by atoms with van der Waals surface area (Å²) in [5.74, 6) is -0.919. The Bertz CT molecular complexity index is 1290. The Morgan fingerprint density at radius 1 is 1.00 bits per heavy atom. The standard InChI is InChI=1S/C26H21N3O2.ClH/c30-26(31)24-21-10-4-5-11-23(21)28-25-20(13-19-9-6-12-27-14-19)16-29(17-22(24)25)15-18-7-2-1-3-8-18;/h1-14H,15-17H2,(H,30,31);1H/b20-13-;. The summed E-state index contributed by atoms with van der Waals surface area (Å²) in [4.78, 5) is 23.7. The van der Waals surface area contributed by atoms with Gasteiger partial charge in [-0.2, -0.15) is 0 Å². The maximum atomic E-state index is 12.3. The lowest BCUT2D eigenvalue weighted by Crippen LogP contribution is -2.31. The fourth-order valence-electron chi connectivity index (χ4n) is 4.24. The van der Waals surface area contributed by atoms with E-state index in [9.17, 15) is 9.90 Å². The Balaban J connectivity index is 0.00000245. The molecule has 1 aliphatic heterocycles. The molecule has 0 amide bonds. The van der Waals surface area contributed by atoms with Crippen molar-refractivity contribution in [3.05, 3.63) is 107 Å². The summed E-state index contributed by atoms with van der Waals surface area (Å²) < 4.78 is 0. The van der Waals surface area contributed by atoms with Crippen LogP contribution in [0.2, 0.25) is 0 Å². The van der Waals surface area contributed by atoms with Gasteiger partial charge in [0.2, 0.25) is 0 Å². The molecule has 0 bridgehead atoms. The topological polar surface area (TPSA) is 66.3 Å². The van der Waals surface area contributed by atoms with Crippen LogP contribution in [-0.2, 0) is 13.1 Å². The van der Waals surface area contributed by atoms with Gasteiger partial charge in [-0.05, 0) is 34.9 Å². The summed E-state index contributed by atoms with van der Waals surface area (Å²) in [6.07, 6.45) is 5.62. The molecule has 0 atom stereocenters. The number of aromatic carboxylic acids is 1. The minimum absolute atomic E-state index is 0. The third-order valence-corrected chi connectivity index (χ3v) is 5.56. The largest absolute Gasteiger partial charge is 0.478 e. The average molecular weight is 444 g/mol. The van der Waals surface area contributed by atoms with Gasteiger partial charge >= 0.3 is 5.97 Å². The van der Waals surface area contributed by atoms with Gasteiger partial charge in [-0.25, -0.2) is 9.78 Å². The van der Waals surface area contributed by atoms with E-state index in [4.69, 9.17) is 4.98 Å². The number of carbonyl (C=O) groups is 1. The Kier molecular flexibility index (Phi) is 6.30. The van der Waals surface area contributed by atoms with E-state index in [2.05, 4.69) is 28.1 Å². The number of carboxylic acids is 1. The van der Waals surface area contributed by atoms with E-state index in [0.717, 1.165) is 28.9 Å². The summed E-state index contributed by atoms with van der Waals surface area (Å²) in [5.41, 5.74) is 5.74. The second-order valence-corrected chi connectivity index (χ2v) is 7.72. The molecule has 2 aromatic heterocycles. The van der Waals surface area contributed by atoms with Gasteiger partial charge in [-0.3, -0.25) is 9.88 Å². The second-order valence-electron chi connectivity index (χ2n) is 7.72. The van der Waals surface area contributed by atoms with Crippen LogP contribution in [0.5, 0.6) is 0 Å². The normalized spacial score (nSPS) is 14.7. The zero-order valence-electron chi connectivity index (χ0n) is 17.3. The van der Waals surface area contributed by atoms with Crippen molar-refractivity contribution in [3.8, 4) is 0 Å². The number of fused-ring (bicyclic) bond motifs is 2. The molecule has 0 radical (unpaired) electrons. The lowest BCUT2D eigenvalue weighted by atomic mass is 9.92. The molecule has 2 aromatic carbocycles. The number of carboxylic acid groups (broad SMARTS) is 1. The van der Waals surface area contributed by atoms with Gasteiger partial charge in [-0.1, -0.05) is 54.6 Å². The van der Waals surface area contributed by atoms with Gasteiger partial charge in [-0.15, -0.1) is 12.4 Å². The molecule has 0 fully saturated rings. The number of aromatic nitrogens is 2. The summed E-state index contributed by atoms with van der Waals surface area (Å²) in [7, 11) is 0. The average Bonchev–Trinajstić information content (AvgIpc) is 2.79. The number of hydrogen-bond acceptors (Lipinski definition) is 4. The fourth-order valence-corrected chi connectivity index (χ4v) is 4.24. The Labute approximate surface area is 192 Å². The number of hydrogen-bond donors (Lipinski definition) is 1. The SMILES string of the molecule is Cl.O=C(O)c1c2c(nc3ccccc13)/C(=C\c1cccnc1)CN(Cc1ccccc1)C2. The van der Waals surface area contributed by atoms with Crippen LogP contribution in [0.3, 0.4) is 0 Å². The van der Waals surface area contributed by atoms with Gasteiger partial charge in [0, 0.05) is 43.0 Å². The molecule has 1 N–H and O–H groups in total. The summed E-state index contributed by atoms with van der Waals surface area (Å²) in [6.45, 7) is 1.95.